The van der Waals surface area contributed by atoms with Crippen molar-refractivity contribution in [1.82, 2.24) is 0 Å². The summed E-state index contributed by atoms with van der Waals surface area (Å²) in [5.74, 6) is -0.0278. The summed E-state index contributed by atoms with van der Waals surface area (Å²) in [6.45, 7) is 0. The Labute approximate surface area is 194 Å². The van der Waals surface area contributed by atoms with Gasteiger partial charge in [0.05, 0.1) is 5.56 Å². The largest absolute Gasteiger partial charge is 0.417 e. The SMILES string of the molecule is Nc1ccc(-c2ccc(N)cc2C(F)(F)F)cc1.Nc1ccc(C(=O)c2ccc(N)cc2)cc1. The summed E-state index contributed by atoms with van der Waals surface area (Å²) < 4.78 is 38.7. The molecule has 0 saturated carbocycles. The second kappa shape index (κ2) is 9.99. The molecule has 0 aliphatic carbocycles. The molecule has 0 atom stereocenters. The highest BCUT2D eigenvalue weighted by Crippen LogP contribution is 2.38. The number of anilines is 4. The molecule has 0 unspecified atom stereocenters. The maximum Gasteiger partial charge on any atom is 0.417 e. The second-order valence-corrected chi connectivity index (χ2v) is 7.50. The topological polar surface area (TPSA) is 121 Å². The van der Waals surface area contributed by atoms with Crippen LogP contribution in [0.3, 0.4) is 0 Å². The lowest BCUT2D eigenvalue weighted by molar-refractivity contribution is -0.137. The number of nitrogens with two attached hydrogens (primary N) is 4. The fraction of sp³-hybridized carbons (Fsp3) is 0.0385. The molecule has 0 aromatic heterocycles. The molecule has 0 heterocycles. The Morgan fingerprint density at radius 3 is 1.35 bits per heavy atom. The summed E-state index contributed by atoms with van der Waals surface area (Å²) in [6, 6.07) is 23.7. The lowest BCUT2D eigenvalue weighted by Gasteiger charge is -2.13. The Hall–Kier alpha value is -4.46. The van der Waals surface area contributed by atoms with Crippen molar-refractivity contribution in [3.63, 3.8) is 0 Å². The van der Waals surface area contributed by atoms with Crippen LogP contribution in [-0.2, 0) is 6.18 Å². The molecule has 0 fully saturated rings. The van der Waals surface area contributed by atoms with E-state index in [1.165, 1.54) is 12.1 Å². The number of hydrogen-bond acceptors (Lipinski definition) is 5. The molecule has 174 valence electrons. The maximum atomic E-state index is 12.9. The molecule has 4 aromatic carbocycles. The van der Waals surface area contributed by atoms with Gasteiger partial charge >= 0.3 is 6.18 Å². The molecule has 0 saturated heterocycles. The Morgan fingerprint density at radius 2 is 0.941 bits per heavy atom. The minimum absolute atomic E-state index is 0.0278. The van der Waals surface area contributed by atoms with Gasteiger partial charge in [-0.15, -0.1) is 0 Å². The minimum atomic E-state index is -4.44. The van der Waals surface area contributed by atoms with Gasteiger partial charge < -0.3 is 22.9 Å². The average Bonchev–Trinajstić information content (AvgIpc) is 2.80. The lowest BCUT2D eigenvalue weighted by atomic mass is 9.98. The predicted octanol–water partition coefficient (Wildman–Crippen LogP) is 5.62. The summed E-state index contributed by atoms with van der Waals surface area (Å²) in [5.41, 5.74) is 25.0. The quantitative estimate of drug-likeness (QED) is 0.232. The number of carbonyl (C=O) groups excluding carboxylic acids is 1. The summed E-state index contributed by atoms with van der Waals surface area (Å²) in [5, 5.41) is 0. The predicted molar refractivity (Wildman–Crippen MR) is 131 cm³/mol. The number of nitrogen functional groups attached to an aromatic ring is 4. The third-order valence-corrected chi connectivity index (χ3v) is 4.92. The first-order valence-corrected chi connectivity index (χ1v) is 10.1. The van der Waals surface area contributed by atoms with Gasteiger partial charge in [0.15, 0.2) is 5.78 Å². The van der Waals surface area contributed by atoms with Gasteiger partial charge in [0.2, 0.25) is 0 Å². The lowest BCUT2D eigenvalue weighted by Crippen LogP contribution is -2.08. The fourth-order valence-corrected chi connectivity index (χ4v) is 3.15. The molecule has 8 heteroatoms. The standard InChI is InChI=1S/C13H11F3N2.C13H12N2O/c14-13(15,16)12-7-10(18)5-6-11(12)8-1-3-9(17)4-2-8;14-11-5-1-9(2-6-11)13(16)10-3-7-12(15)8-4-10/h1-7H,17-18H2;1-8H,14-15H2. The van der Waals surface area contributed by atoms with Crippen LogP contribution in [0.1, 0.15) is 21.5 Å². The van der Waals surface area contributed by atoms with Gasteiger partial charge in [0.25, 0.3) is 0 Å². The first-order chi connectivity index (χ1) is 16.0. The Balaban J connectivity index is 0.000000192. The highest BCUT2D eigenvalue weighted by molar-refractivity contribution is 6.09. The van der Waals surface area contributed by atoms with Gasteiger partial charge in [-0.3, -0.25) is 4.79 Å². The number of rotatable bonds is 3. The van der Waals surface area contributed by atoms with Crippen LogP contribution in [-0.4, -0.2) is 5.78 Å². The van der Waals surface area contributed by atoms with E-state index in [1.807, 2.05) is 0 Å². The summed E-state index contributed by atoms with van der Waals surface area (Å²) in [4.78, 5) is 12.0. The van der Waals surface area contributed by atoms with Crippen LogP contribution in [0.2, 0.25) is 0 Å². The molecule has 0 bridgehead atoms. The van der Waals surface area contributed by atoms with Crippen LogP contribution in [0, 0.1) is 0 Å². The third-order valence-electron chi connectivity index (χ3n) is 4.92. The second-order valence-electron chi connectivity index (χ2n) is 7.50. The fourth-order valence-electron chi connectivity index (χ4n) is 3.15. The van der Waals surface area contributed by atoms with Crippen molar-refractivity contribution in [1.29, 1.82) is 0 Å². The van der Waals surface area contributed by atoms with Gasteiger partial charge in [-0.2, -0.15) is 13.2 Å². The van der Waals surface area contributed by atoms with Gasteiger partial charge in [0.1, 0.15) is 0 Å². The van der Waals surface area contributed by atoms with Crippen molar-refractivity contribution in [2.45, 2.75) is 6.18 Å². The first kappa shape index (κ1) is 24.2. The van der Waals surface area contributed by atoms with E-state index in [4.69, 9.17) is 22.9 Å². The third kappa shape index (κ3) is 6.07. The summed E-state index contributed by atoms with van der Waals surface area (Å²) in [7, 11) is 0. The van der Waals surface area contributed by atoms with Crippen LogP contribution in [0.5, 0.6) is 0 Å². The maximum absolute atomic E-state index is 12.9. The molecule has 0 aliphatic heterocycles. The molecular weight excluding hydrogens is 441 g/mol. The van der Waals surface area contributed by atoms with Crippen molar-refractivity contribution in [3.05, 3.63) is 108 Å². The van der Waals surface area contributed by atoms with Gasteiger partial charge in [-0.1, -0.05) is 18.2 Å². The number of carbonyl (C=O) groups is 1. The van der Waals surface area contributed by atoms with E-state index >= 15 is 0 Å². The zero-order chi connectivity index (χ0) is 24.9. The van der Waals surface area contributed by atoms with E-state index in [1.54, 1.807) is 72.8 Å². The van der Waals surface area contributed by atoms with Gasteiger partial charge in [-0.25, -0.2) is 0 Å². The van der Waals surface area contributed by atoms with E-state index in [0.29, 0.717) is 33.8 Å². The first-order valence-electron chi connectivity index (χ1n) is 10.1. The summed E-state index contributed by atoms with van der Waals surface area (Å²) in [6.07, 6.45) is -4.44. The highest BCUT2D eigenvalue weighted by Gasteiger charge is 2.33. The number of ketones is 1. The van der Waals surface area contributed by atoms with Crippen LogP contribution in [0.15, 0.2) is 91.0 Å². The van der Waals surface area contributed by atoms with Gasteiger partial charge in [0, 0.05) is 33.9 Å². The van der Waals surface area contributed by atoms with Crippen molar-refractivity contribution in [3.8, 4) is 11.1 Å². The monoisotopic (exact) mass is 464 g/mol. The Kier molecular flexibility index (Phi) is 7.11. The van der Waals surface area contributed by atoms with Crippen molar-refractivity contribution >= 4 is 28.5 Å². The minimum Gasteiger partial charge on any atom is -0.399 e. The van der Waals surface area contributed by atoms with Gasteiger partial charge in [-0.05, 0) is 83.9 Å². The smallest absolute Gasteiger partial charge is 0.399 e. The number of alkyl halides is 3. The molecule has 0 radical (unpaired) electrons. The van der Waals surface area contributed by atoms with E-state index in [2.05, 4.69) is 0 Å². The van der Waals surface area contributed by atoms with E-state index in [9.17, 15) is 18.0 Å². The van der Waals surface area contributed by atoms with Crippen LogP contribution >= 0.6 is 0 Å². The zero-order valence-electron chi connectivity index (χ0n) is 18.0. The highest BCUT2D eigenvalue weighted by atomic mass is 19.4. The van der Waals surface area contributed by atoms with Crippen LogP contribution in [0.4, 0.5) is 35.9 Å². The Morgan fingerprint density at radius 1 is 0.559 bits per heavy atom. The molecule has 0 amide bonds. The van der Waals surface area contributed by atoms with E-state index in [0.717, 1.165) is 6.07 Å². The molecule has 8 N–H and O–H groups in total. The molecule has 5 nitrogen and oxygen atoms in total. The molecule has 0 aliphatic rings. The molecule has 0 spiro atoms. The average molecular weight is 464 g/mol. The van der Waals surface area contributed by atoms with Crippen LogP contribution < -0.4 is 22.9 Å². The summed E-state index contributed by atoms with van der Waals surface area (Å²) >= 11 is 0. The normalized spacial score (nSPS) is 10.8. The molecule has 4 rings (SSSR count). The Bertz CT molecular complexity index is 1220. The van der Waals surface area contributed by atoms with E-state index < -0.39 is 11.7 Å². The van der Waals surface area contributed by atoms with Crippen molar-refractivity contribution < 1.29 is 18.0 Å². The van der Waals surface area contributed by atoms with Crippen molar-refractivity contribution in [2.75, 3.05) is 22.9 Å². The molecule has 34 heavy (non-hydrogen) atoms. The molecular formula is C26H23F3N4O. The number of benzene rings is 4. The number of halogens is 3. The zero-order valence-corrected chi connectivity index (χ0v) is 18.0. The van der Waals surface area contributed by atoms with Crippen molar-refractivity contribution in [2.24, 2.45) is 0 Å². The van der Waals surface area contributed by atoms with Crippen LogP contribution in [0.25, 0.3) is 11.1 Å². The molecule has 4 aromatic rings. The van der Waals surface area contributed by atoms with E-state index in [-0.39, 0.29) is 17.0 Å². The number of hydrogen-bond donors (Lipinski definition) is 4.